The minimum atomic E-state index is -4.48. The minimum absolute atomic E-state index is 0.207. The van der Waals surface area contributed by atoms with Gasteiger partial charge >= 0.3 is 6.18 Å². The van der Waals surface area contributed by atoms with Crippen molar-refractivity contribution in [2.24, 2.45) is 0 Å². The molecule has 0 aliphatic rings. The maximum absolute atomic E-state index is 13.5. The SMILES string of the molecule is O=c1c(-c2ccc(C(F)(F)F)cc2)c(/C=C/c2cn(-c3ccccc3)nc2-c2ccccc2Br)nc2sccn12. The van der Waals surface area contributed by atoms with E-state index in [1.165, 1.54) is 27.9 Å². The van der Waals surface area contributed by atoms with Crippen molar-refractivity contribution in [1.29, 1.82) is 0 Å². The Morgan fingerprint density at radius 2 is 1.62 bits per heavy atom. The van der Waals surface area contributed by atoms with Crippen molar-refractivity contribution < 1.29 is 13.2 Å². The second kappa shape index (κ2) is 10.4. The predicted octanol–water partition coefficient (Wildman–Crippen LogP) is 8.23. The lowest BCUT2D eigenvalue weighted by molar-refractivity contribution is -0.137. The molecular weight excluding hydrogens is 601 g/mol. The summed E-state index contributed by atoms with van der Waals surface area (Å²) in [5.74, 6) is 0. The summed E-state index contributed by atoms with van der Waals surface area (Å²) in [4.78, 5) is 18.6. The number of rotatable bonds is 5. The van der Waals surface area contributed by atoms with E-state index >= 15 is 0 Å². The van der Waals surface area contributed by atoms with Crippen LogP contribution in [0.25, 0.3) is 45.2 Å². The van der Waals surface area contributed by atoms with Crippen molar-refractivity contribution in [2.45, 2.75) is 6.18 Å². The first-order valence-electron chi connectivity index (χ1n) is 12.1. The van der Waals surface area contributed by atoms with Gasteiger partial charge in [0.25, 0.3) is 5.56 Å². The summed E-state index contributed by atoms with van der Waals surface area (Å²) in [6, 6.07) is 21.9. The van der Waals surface area contributed by atoms with Crippen LogP contribution in [0.4, 0.5) is 13.2 Å². The van der Waals surface area contributed by atoms with Gasteiger partial charge in [-0.05, 0) is 48.0 Å². The Labute approximate surface area is 238 Å². The molecule has 3 aromatic carbocycles. The van der Waals surface area contributed by atoms with E-state index < -0.39 is 11.7 Å². The van der Waals surface area contributed by atoms with E-state index in [4.69, 9.17) is 5.10 Å². The number of alkyl halides is 3. The molecule has 0 atom stereocenters. The van der Waals surface area contributed by atoms with Crippen molar-refractivity contribution in [3.8, 4) is 28.1 Å². The summed E-state index contributed by atoms with van der Waals surface area (Å²) in [6.45, 7) is 0. The highest BCUT2D eigenvalue weighted by atomic mass is 79.9. The molecule has 0 aliphatic carbocycles. The zero-order valence-electron chi connectivity index (χ0n) is 20.5. The molecule has 0 fully saturated rings. The average molecular weight is 619 g/mol. The van der Waals surface area contributed by atoms with Crippen LogP contribution in [0.2, 0.25) is 0 Å². The first-order valence-corrected chi connectivity index (χ1v) is 13.7. The van der Waals surface area contributed by atoms with Gasteiger partial charge in [0.2, 0.25) is 0 Å². The third kappa shape index (κ3) is 4.91. The molecule has 6 aromatic rings. The minimum Gasteiger partial charge on any atom is -0.268 e. The summed E-state index contributed by atoms with van der Waals surface area (Å²) in [6.07, 6.45) is 2.54. The summed E-state index contributed by atoms with van der Waals surface area (Å²) in [5, 5.41) is 6.58. The number of nitrogens with zero attached hydrogens (tertiary/aromatic N) is 4. The van der Waals surface area contributed by atoms with E-state index in [0.717, 1.165) is 33.4 Å². The monoisotopic (exact) mass is 618 g/mol. The number of hydrogen-bond acceptors (Lipinski definition) is 4. The molecule has 0 aliphatic heterocycles. The lowest BCUT2D eigenvalue weighted by Gasteiger charge is -2.09. The van der Waals surface area contributed by atoms with E-state index in [0.29, 0.717) is 21.9 Å². The molecular formula is C30H18BrF3N4OS. The van der Waals surface area contributed by atoms with Crippen LogP contribution in [0, 0.1) is 0 Å². The zero-order chi connectivity index (χ0) is 27.9. The Bertz CT molecular complexity index is 1920. The van der Waals surface area contributed by atoms with Gasteiger partial charge in [-0.25, -0.2) is 9.67 Å². The zero-order valence-corrected chi connectivity index (χ0v) is 22.9. The topological polar surface area (TPSA) is 52.2 Å². The van der Waals surface area contributed by atoms with Crippen molar-refractivity contribution >= 4 is 44.4 Å². The number of benzene rings is 3. The summed E-state index contributed by atoms with van der Waals surface area (Å²) < 4.78 is 43.6. The Balaban J connectivity index is 1.51. The van der Waals surface area contributed by atoms with Gasteiger partial charge in [-0.3, -0.25) is 9.20 Å². The van der Waals surface area contributed by atoms with E-state index in [-0.39, 0.29) is 11.1 Å². The first-order chi connectivity index (χ1) is 19.3. The van der Waals surface area contributed by atoms with Gasteiger partial charge in [-0.2, -0.15) is 18.3 Å². The van der Waals surface area contributed by atoms with Crippen LogP contribution in [-0.2, 0) is 6.18 Å². The van der Waals surface area contributed by atoms with Gasteiger partial charge in [0.15, 0.2) is 4.96 Å². The molecule has 3 heterocycles. The third-order valence-electron chi connectivity index (χ3n) is 6.31. The van der Waals surface area contributed by atoms with Crippen molar-refractivity contribution in [2.75, 3.05) is 0 Å². The van der Waals surface area contributed by atoms with E-state index in [2.05, 4.69) is 20.9 Å². The Morgan fingerprint density at radius 1 is 0.900 bits per heavy atom. The molecule has 0 spiro atoms. The van der Waals surface area contributed by atoms with Crippen LogP contribution in [0.1, 0.15) is 16.8 Å². The number of para-hydroxylation sites is 1. The number of halogens is 4. The molecule has 0 unspecified atom stereocenters. The molecule has 0 saturated heterocycles. The first kappa shape index (κ1) is 26.0. The highest BCUT2D eigenvalue weighted by Gasteiger charge is 2.30. The number of hydrogen-bond donors (Lipinski definition) is 0. The maximum Gasteiger partial charge on any atom is 0.416 e. The molecule has 40 heavy (non-hydrogen) atoms. The lowest BCUT2D eigenvalue weighted by atomic mass is 10.0. The Morgan fingerprint density at radius 3 is 2.35 bits per heavy atom. The number of fused-ring (bicyclic) bond motifs is 1. The van der Waals surface area contributed by atoms with Crippen molar-refractivity contribution in [3.05, 3.63) is 128 Å². The van der Waals surface area contributed by atoms with Crippen LogP contribution in [0.5, 0.6) is 0 Å². The van der Waals surface area contributed by atoms with E-state index in [1.807, 2.05) is 66.9 Å². The lowest BCUT2D eigenvalue weighted by Crippen LogP contribution is -2.17. The summed E-state index contributed by atoms with van der Waals surface area (Å²) in [7, 11) is 0. The molecule has 0 amide bonds. The van der Waals surface area contributed by atoms with Gasteiger partial charge in [-0.1, -0.05) is 64.5 Å². The van der Waals surface area contributed by atoms with Crippen LogP contribution in [0.15, 0.2) is 106 Å². The molecule has 198 valence electrons. The second-order valence-corrected chi connectivity index (χ2v) is 10.6. The molecule has 3 aromatic heterocycles. The Kier molecular flexibility index (Phi) is 6.73. The van der Waals surface area contributed by atoms with Crippen molar-refractivity contribution in [1.82, 2.24) is 19.2 Å². The Hall–Kier alpha value is -4.28. The van der Waals surface area contributed by atoms with Gasteiger partial charge in [-0.15, -0.1) is 11.3 Å². The van der Waals surface area contributed by atoms with E-state index in [9.17, 15) is 18.0 Å². The van der Waals surface area contributed by atoms with Crippen LogP contribution in [0.3, 0.4) is 0 Å². The second-order valence-electron chi connectivity index (χ2n) is 8.83. The largest absolute Gasteiger partial charge is 0.416 e. The van der Waals surface area contributed by atoms with Crippen LogP contribution < -0.4 is 5.56 Å². The fourth-order valence-electron chi connectivity index (χ4n) is 4.37. The van der Waals surface area contributed by atoms with Gasteiger partial charge in [0, 0.05) is 33.4 Å². The van der Waals surface area contributed by atoms with Crippen molar-refractivity contribution in [3.63, 3.8) is 0 Å². The normalized spacial score (nSPS) is 12.0. The van der Waals surface area contributed by atoms with Crippen LogP contribution in [-0.4, -0.2) is 19.2 Å². The number of thiazole rings is 1. The molecule has 0 saturated carbocycles. The van der Waals surface area contributed by atoms with Gasteiger partial charge in [0.05, 0.1) is 22.5 Å². The highest BCUT2D eigenvalue weighted by molar-refractivity contribution is 9.10. The maximum atomic E-state index is 13.5. The highest BCUT2D eigenvalue weighted by Crippen LogP contribution is 2.33. The molecule has 10 heteroatoms. The summed E-state index contributed by atoms with van der Waals surface area (Å²) in [5.41, 5.74) is 2.97. The molecule has 0 N–H and O–H groups in total. The molecule has 5 nitrogen and oxygen atoms in total. The smallest absolute Gasteiger partial charge is 0.268 e. The summed E-state index contributed by atoms with van der Waals surface area (Å²) >= 11 is 4.91. The number of aromatic nitrogens is 4. The molecule has 6 rings (SSSR count). The fraction of sp³-hybridized carbons (Fsp3) is 0.0333. The molecule has 0 radical (unpaired) electrons. The predicted molar refractivity (Wildman–Crippen MR) is 155 cm³/mol. The quantitative estimate of drug-likeness (QED) is 0.195. The van der Waals surface area contributed by atoms with Crippen LogP contribution >= 0.6 is 27.3 Å². The average Bonchev–Trinajstić information content (AvgIpc) is 3.60. The molecule has 0 bridgehead atoms. The standard InChI is InChI=1S/C30H18BrF3N4OS/c31-24-9-5-4-8-23(24)27-20(18-38(36-27)22-6-2-1-3-7-22)12-15-25-26(28(39)37-16-17-40-29(37)35-25)19-10-13-21(14-11-19)30(32,33)34/h1-18H/b15-12+. The van der Waals surface area contributed by atoms with Gasteiger partial charge < -0.3 is 0 Å². The third-order valence-corrected chi connectivity index (χ3v) is 7.76. The fourth-order valence-corrected chi connectivity index (χ4v) is 5.55. The van der Waals surface area contributed by atoms with Gasteiger partial charge in [0.1, 0.15) is 5.69 Å². The van der Waals surface area contributed by atoms with E-state index in [1.54, 1.807) is 22.3 Å².